The zero-order chi connectivity index (χ0) is 12.1. The molecular formula is C11H18ClN3O. The number of anilines is 2. The normalized spacial score (nSPS) is 12.5. The van der Waals surface area contributed by atoms with Crippen molar-refractivity contribution < 1.29 is 4.74 Å². The van der Waals surface area contributed by atoms with Gasteiger partial charge in [-0.25, -0.2) is 4.98 Å². The van der Waals surface area contributed by atoms with Crippen LogP contribution in [0.4, 0.5) is 11.5 Å². The predicted molar refractivity (Wildman–Crippen MR) is 68.0 cm³/mol. The van der Waals surface area contributed by atoms with Gasteiger partial charge in [-0.3, -0.25) is 0 Å². The Balaban J connectivity index is 2.87. The Bertz CT molecular complexity index is 357. The molecule has 0 bridgehead atoms. The van der Waals surface area contributed by atoms with Gasteiger partial charge in [-0.1, -0.05) is 18.5 Å². The lowest BCUT2D eigenvalue weighted by atomic mass is 10.2. The smallest absolute Gasteiger partial charge is 0.151 e. The Kier molecular flexibility index (Phi) is 4.83. The summed E-state index contributed by atoms with van der Waals surface area (Å²) >= 11 is 5.99. The number of aryl methyl sites for hydroxylation is 1. The maximum atomic E-state index is 5.99. The molecule has 1 aromatic rings. The summed E-state index contributed by atoms with van der Waals surface area (Å²) in [5.41, 5.74) is 7.18. The van der Waals surface area contributed by atoms with Gasteiger partial charge in [0.2, 0.25) is 0 Å². The molecular weight excluding hydrogens is 226 g/mol. The molecule has 1 unspecified atom stereocenters. The average molecular weight is 244 g/mol. The molecule has 1 atom stereocenters. The molecule has 16 heavy (non-hydrogen) atoms. The summed E-state index contributed by atoms with van der Waals surface area (Å²) in [6, 6.07) is 1.94. The predicted octanol–water partition coefficient (Wildman–Crippen LogP) is 2.46. The first-order valence-corrected chi connectivity index (χ1v) is 5.64. The largest absolute Gasteiger partial charge is 0.395 e. The van der Waals surface area contributed by atoms with Crippen LogP contribution in [0.1, 0.15) is 19.0 Å². The zero-order valence-corrected chi connectivity index (χ0v) is 10.6. The average Bonchev–Trinajstić information content (AvgIpc) is 2.24. The van der Waals surface area contributed by atoms with Gasteiger partial charge in [0.1, 0.15) is 0 Å². The van der Waals surface area contributed by atoms with Crippen LogP contribution in [0, 0.1) is 6.92 Å². The van der Waals surface area contributed by atoms with Crippen molar-refractivity contribution in [2.24, 2.45) is 0 Å². The van der Waals surface area contributed by atoms with Crippen LogP contribution in [0.5, 0.6) is 0 Å². The number of nitrogen functional groups attached to an aromatic ring is 1. The van der Waals surface area contributed by atoms with E-state index >= 15 is 0 Å². The maximum absolute atomic E-state index is 5.99. The fraction of sp³-hybridized carbons (Fsp3) is 0.545. The van der Waals surface area contributed by atoms with Crippen molar-refractivity contribution in [3.63, 3.8) is 0 Å². The summed E-state index contributed by atoms with van der Waals surface area (Å²) in [5, 5.41) is 3.76. The molecule has 0 saturated carbocycles. The highest BCUT2D eigenvalue weighted by atomic mass is 35.5. The van der Waals surface area contributed by atoms with E-state index in [1.165, 1.54) is 0 Å². The van der Waals surface area contributed by atoms with Crippen molar-refractivity contribution in [1.82, 2.24) is 4.98 Å². The number of ether oxygens (including phenoxy) is 1. The van der Waals surface area contributed by atoms with E-state index in [1.807, 2.05) is 6.92 Å². The summed E-state index contributed by atoms with van der Waals surface area (Å²) in [6.07, 6.45) is 0.931. The summed E-state index contributed by atoms with van der Waals surface area (Å²) in [6.45, 7) is 4.57. The van der Waals surface area contributed by atoms with E-state index in [2.05, 4.69) is 17.2 Å². The van der Waals surface area contributed by atoms with E-state index in [4.69, 9.17) is 22.1 Å². The molecule has 5 heteroatoms. The quantitative estimate of drug-likeness (QED) is 0.834. The van der Waals surface area contributed by atoms with Gasteiger partial charge in [0.25, 0.3) is 0 Å². The van der Waals surface area contributed by atoms with Crippen LogP contribution in [0.2, 0.25) is 5.02 Å². The lowest BCUT2D eigenvalue weighted by Crippen LogP contribution is -2.25. The Morgan fingerprint density at radius 3 is 2.88 bits per heavy atom. The number of rotatable bonds is 5. The monoisotopic (exact) mass is 243 g/mol. The Labute approximate surface area is 101 Å². The molecule has 0 saturated heterocycles. The van der Waals surface area contributed by atoms with Crippen LogP contribution >= 0.6 is 11.6 Å². The molecule has 0 fully saturated rings. The lowest BCUT2D eigenvalue weighted by Gasteiger charge is -2.18. The van der Waals surface area contributed by atoms with Crippen molar-refractivity contribution in [3.8, 4) is 0 Å². The van der Waals surface area contributed by atoms with Crippen LogP contribution < -0.4 is 11.1 Å². The van der Waals surface area contributed by atoms with Gasteiger partial charge in [0.15, 0.2) is 5.82 Å². The van der Waals surface area contributed by atoms with Gasteiger partial charge < -0.3 is 15.8 Å². The van der Waals surface area contributed by atoms with Gasteiger partial charge >= 0.3 is 0 Å². The highest BCUT2D eigenvalue weighted by Gasteiger charge is 2.11. The molecule has 3 N–H and O–H groups in total. The van der Waals surface area contributed by atoms with Crippen LogP contribution in [0.3, 0.4) is 0 Å². The van der Waals surface area contributed by atoms with Gasteiger partial charge in [-0.05, 0) is 19.4 Å². The highest BCUT2D eigenvalue weighted by molar-refractivity contribution is 6.33. The van der Waals surface area contributed by atoms with Crippen LogP contribution in [-0.2, 0) is 4.74 Å². The molecule has 0 amide bonds. The molecule has 0 spiro atoms. The first-order valence-electron chi connectivity index (χ1n) is 5.26. The van der Waals surface area contributed by atoms with Gasteiger partial charge in [0, 0.05) is 12.8 Å². The number of nitrogens with one attached hydrogen (secondary N) is 1. The maximum Gasteiger partial charge on any atom is 0.151 e. The molecule has 4 nitrogen and oxygen atoms in total. The van der Waals surface area contributed by atoms with E-state index in [0.29, 0.717) is 23.1 Å². The molecule has 1 rings (SSSR count). The molecule has 1 heterocycles. The minimum atomic E-state index is 0.192. The Morgan fingerprint density at radius 1 is 1.62 bits per heavy atom. The summed E-state index contributed by atoms with van der Waals surface area (Å²) < 4.78 is 5.10. The minimum Gasteiger partial charge on any atom is -0.395 e. The minimum absolute atomic E-state index is 0.192. The molecule has 0 aliphatic rings. The van der Waals surface area contributed by atoms with Crippen LogP contribution in [0.25, 0.3) is 0 Å². The molecule has 0 radical (unpaired) electrons. The summed E-state index contributed by atoms with van der Waals surface area (Å²) in [4.78, 5) is 4.33. The van der Waals surface area contributed by atoms with E-state index in [1.54, 1.807) is 13.2 Å². The standard InChI is InChI=1S/C11H18ClN3O/c1-4-8(6-16-3)15-11-10(13)9(12)5-7(2)14-11/h5,8H,4,6,13H2,1-3H3,(H,14,15). The number of nitrogens with zero attached hydrogens (tertiary/aromatic N) is 1. The number of halogens is 1. The van der Waals surface area contributed by atoms with Gasteiger partial charge in [0.05, 0.1) is 23.4 Å². The third kappa shape index (κ3) is 3.25. The van der Waals surface area contributed by atoms with E-state index in [-0.39, 0.29) is 6.04 Å². The molecule has 0 aliphatic heterocycles. The first kappa shape index (κ1) is 13.1. The van der Waals surface area contributed by atoms with Crippen molar-refractivity contribution >= 4 is 23.1 Å². The van der Waals surface area contributed by atoms with Crippen molar-refractivity contribution in [1.29, 1.82) is 0 Å². The number of hydrogen-bond acceptors (Lipinski definition) is 4. The summed E-state index contributed by atoms with van der Waals surface area (Å²) in [7, 11) is 1.67. The fourth-order valence-corrected chi connectivity index (χ4v) is 1.66. The SMILES string of the molecule is CCC(COC)Nc1nc(C)cc(Cl)c1N. The van der Waals surface area contributed by atoms with Crippen LogP contribution in [-0.4, -0.2) is 24.7 Å². The molecule has 1 aromatic heterocycles. The third-order valence-corrected chi connectivity index (χ3v) is 2.65. The number of nitrogens with two attached hydrogens (primary N) is 1. The van der Waals surface area contributed by atoms with Gasteiger partial charge in [-0.15, -0.1) is 0 Å². The van der Waals surface area contributed by atoms with Crippen molar-refractivity contribution in [2.75, 3.05) is 24.8 Å². The second kappa shape index (κ2) is 5.92. The van der Waals surface area contributed by atoms with E-state index < -0.39 is 0 Å². The van der Waals surface area contributed by atoms with Gasteiger partial charge in [-0.2, -0.15) is 0 Å². The lowest BCUT2D eigenvalue weighted by molar-refractivity contribution is 0.184. The second-order valence-corrected chi connectivity index (χ2v) is 4.12. The van der Waals surface area contributed by atoms with Crippen LogP contribution in [0.15, 0.2) is 6.07 Å². The number of methoxy groups -OCH3 is 1. The fourth-order valence-electron chi connectivity index (χ4n) is 1.41. The highest BCUT2D eigenvalue weighted by Crippen LogP contribution is 2.26. The topological polar surface area (TPSA) is 60.2 Å². The van der Waals surface area contributed by atoms with Crippen molar-refractivity contribution in [3.05, 3.63) is 16.8 Å². The summed E-state index contributed by atoms with van der Waals surface area (Å²) in [5.74, 6) is 0.633. The number of pyridine rings is 1. The molecule has 0 aliphatic carbocycles. The van der Waals surface area contributed by atoms with Crippen molar-refractivity contribution in [2.45, 2.75) is 26.3 Å². The van der Waals surface area contributed by atoms with E-state index in [9.17, 15) is 0 Å². The number of hydrogen-bond donors (Lipinski definition) is 2. The first-order chi connectivity index (χ1) is 7.58. The Hall–Kier alpha value is -1.00. The Morgan fingerprint density at radius 2 is 2.31 bits per heavy atom. The number of aromatic nitrogens is 1. The van der Waals surface area contributed by atoms with E-state index in [0.717, 1.165) is 12.1 Å². The zero-order valence-electron chi connectivity index (χ0n) is 9.88. The molecule has 90 valence electrons. The second-order valence-electron chi connectivity index (χ2n) is 3.71. The third-order valence-electron chi connectivity index (χ3n) is 2.34. The molecule has 0 aromatic carbocycles.